The fraction of sp³-hybridized carbons (Fsp3) is 0.447. The minimum absolute atomic E-state index is 0.0311. The van der Waals surface area contributed by atoms with Crippen LogP contribution in [0.4, 0.5) is 8.78 Å². The maximum absolute atomic E-state index is 16.1. The summed E-state index contributed by atoms with van der Waals surface area (Å²) >= 11 is 14.7. The minimum Gasteiger partial charge on any atom is -0.350 e. The fourth-order valence-corrected chi connectivity index (χ4v) is 7.95. The molecule has 0 unspecified atom stereocenters. The summed E-state index contributed by atoms with van der Waals surface area (Å²) in [7, 11) is -1.70. The van der Waals surface area contributed by atoms with Crippen molar-refractivity contribution in [2.45, 2.75) is 103 Å². The first kappa shape index (κ1) is 40.7. The maximum Gasteiger partial charge on any atom is 0.335 e. The minimum atomic E-state index is -1.70. The standard InChI is InChI=1S/C38H47Cl2F2N2O4PS/c1-23(2)31-20-44(35(43-31)38(9,10)34-27(39)13-12-14-28(34)40)32-16-15-24(17-30(32)42)25-18-29(41)26(33(19-25)50-11)21-45-22-46-49(47-36(3,4)5)48-37(6,7)8/h12-20,23H,21-22H2,1-11H3. The molecule has 6 nitrogen and oxygen atoms in total. The lowest BCUT2D eigenvalue weighted by atomic mass is 9.83. The topological polar surface area (TPSA) is 54.7 Å². The van der Waals surface area contributed by atoms with Gasteiger partial charge in [-0.1, -0.05) is 49.2 Å². The maximum atomic E-state index is 16.1. The molecule has 0 aliphatic rings. The zero-order chi connectivity index (χ0) is 37.2. The Kier molecular flexibility index (Phi) is 13.3. The Bertz CT molecular complexity index is 1770. The predicted octanol–water partition coefficient (Wildman–Crippen LogP) is 12.6. The van der Waals surface area contributed by atoms with Gasteiger partial charge in [0.25, 0.3) is 0 Å². The second-order valence-corrected chi connectivity index (χ2v) is 17.5. The predicted molar refractivity (Wildman–Crippen MR) is 203 cm³/mol. The van der Waals surface area contributed by atoms with Gasteiger partial charge in [0, 0.05) is 32.3 Å². The Morgan fingerprint density at radius 3 is 2.00 bits per heavy atom. The molecule has 50 heavy (non-hydrogen) atoms. The average molecular weight is 768 g/mol. The van der Waals surface area contributed by atoms with Gasteiger partial charge in [0.05, 0.1) is 34.6 Å². The molecule has 272 valence electrons. The third kappa shape index (κ3) is 10.1. The van der Waals surface area contributed by atoms with Crippen molar-refractivity contribution in [1.29, 1.82) is 0 Å². The quantitative estimate of drug-likeness (QED) is 0.0584. The molecular weight excluding hydrogens is 720 g/mol. The van der Waals surface area contributed by atoms with E-state index in [9.17, 15) is 0 Å². The Morgan fingerprint density at radius 2 is 1.46 bits per heavy atom. The smallest absolute Gasteiger partial charge is 0.335 e. The molecule has 0 spiro atoms. The molecule has 0 aliphatic carbocycles. The highest BCUT2D eigenvalue weighted by Gasteiger charge is 2.34. The molecule has 0 atom stereocenters. The summed E-state index contributed by atoms with van der Waals surface area (Å²) in [6.45, 7) is 19.3. The van der Waals surface area contributed by atoms with Crippen LogP contribution < -0.4 is 0 Å². The van der Waals surface area contributed by atoms with Crippen molar-refractivity contribution in [1.82, 2.24) is 9.55 Å². The number of halogens is 4. The molecule has 0 bridgehead atoms. The van der Waals surface area contributed by atoms with Crippen LogP contribution in [0.25, 0.3) is 16.8 Å². The summed E-state index contributed by atoms with van der Waals surface area (Å²) in [6, 6.07) is 13.5. The van der Waals surface area contributed by atoms with E-state index in [1.807, 2.05) is 87.8 Å². The van der Waals surface area contributed by atoms with Crippen LogP contribution in [0.5, 0.6) is 0 Å². The highest BCUT2D eigenvalue weighted by atomic mass is 35.5. The van der Waals surface area contributed by atoms with E-state index in [2.05, 4.69) is 0 Å². The molecule has 0 saturated heterocycles. The number of nitrogens with zero attached hydrogens (tertiary/aromatic N) is 2. The van der Waals surface area contributed by atoms with Gasteiger partial charge in [-0.25, -0.2) is 13.8 Å². The number of thioether (sulfide) groups is 1. The number of rotatable bonds is 13. The van der Waals surface area contributed by atoms with E-state index in [1.165, 1.54) is 23.9 Å². The molecule has 1 heterocycles. The van der Waals surface area contributed by atoms with Gasteiger partial charge >= 0.3 is 8.60 Å². The lowest BCUT2D eigenvalue weighted by molar-refractivity contribution is -0.0356. The van der Waals surface area contributed by atoms with Gasteiger partial charge in [0.15, 0.2) is 6.79 Å². The van der Waals surface area contributed by atoms with Crippen LogP contribution in [0.2, 0.25) is 10.0 Å². The van der Waals surface area contributed by atoms with Crippen LogP contribution in [-0.4, -0.2) is 33.8 Å². The van der Waals surface area contributed by atoms with E-state index in [0.717, 1.165) is 5.69 Å². The molecule has 12 heteroatoms. The van der Waals surface area contributed by atoms with Crippen LogP contribution >= 0.6 is 43.6 Å². The van der Waals surface area contributed by atoms with Crippen molar-refractivity contribution in [3.8, 4) is 16.8 Å². The molecule has 3 aromatic carbocycles. The van der Waals surface area contributed by atoms with Gasteiger partial charge < -0.3 is 13.8 Å². The van der Waals surface area contributed by atoms with E-state index in [-0.39, 0.29) is 19.3 Å². The number of hydrogen-bond donors (Lipinski definition) is 0. The van der Waals surface area contributed by atoms with Gasteiger partial charge in [-0.3, -0.25) is 9.09 Å². The Morgan fingerprint density at radius 1 is 0.860 bits per heavy atom. The number of aromatic nitrogens is 2. The normalized spacial score (nSPS) is 12.8. The number of ether oxygens (including phenoxy) is 1. The molecular formula is C38H47Cl2F2N2O4PS. The molecule has 0 saturated carbocycles. The first-order valence-electron chi connectivity index (χ1n) is 16.3. The van der Waals surface area contributed by atoms with Crippen LogP contribution in [0.15, 0.2) is 59.6 Å². The van der Waals surface area contributed by atoms with E-state index in [1.54, 1.807) is 34.9 Å². The van der Waals surface area contributed by atoms with Crippen LogP contribution in [0.3, 0.4) is 0 Å². The summed E-state index contributed by atoms with van der Waals surface area (Å²) in [4.78, 5) is 5.61. The summed E-state index contributed by atoms with van der Waals surface area (Å²) in [6.07, 6.45) is 3.71. The Hall–Kier alpha value is -2.07. The first-order chi connectivity index (χ1) is 23.2. The molecule has 0 aliphatic heterocycles. The summed E-state index contributed by atoms with van der Waals surface area (Å²) in [5.74, 6) is -0.269. The summed E-state index contributed by atoms with van der Waals surface area (Å²) < 4.78 is 56.9. The number of benzene rings is 3. The second-order valence-electron chi connectivity index (χ2n) is 14.8. The molecule has 4 rings (SSSR count). The fourth-order valence-electron chi connectivity index (χ4n) is 5.23. The monoisotopic (exact) mass is 766 g/mol. The molecule has 0 amide bonds. The van der Waals surface area contributed by atoms with Crippen molar-refractivity contribution in [2.75, 3.05) is 13.0 Å². The Labute approximate surface area is 311 Å². The average Bonchev–Trinajstić information content (AvgIpc) is 3.44. The number of hydrogen-bond acceptors (Lipinski definition) is 6. The largest absolute Gasteiger partial charge is 0.350 e. The van der Waals surface area contributed by atoms with Gasteiger partial charge in [-0.05, 0) is 115 Å². The zero-order valence-corrected chi connectivity index (χ0v) is 33.8. The van der Waals surface area contributed by atoms with E-state index >= 15 is 8.78 Å². The van der Waals surface area contributed by atoms with Gasteiger partial charge in [-0.2, -0.15) is 0 Å². The first-order valence-corrected chi connectivity index (χ1v) is 19.4. The molecule has 0 fully saturated rings. The summed E-state index contributed by atoms with van der Waals surface area (Å²) in [5.41, 5.74) is 1.52. The highest BCUT2D eigenvalue weighted by molar-refractivity contribution is 7.98. The molecule has 4 aromatic rings. The van der Waals surface area contributed by atoms with Crippen molar-refractivity contribution >= 4 is 43.6 Å². The van der Waals surface area contributed by atoms with Gasteiger partial charge in [0.1, 0.15) is 17.5 Å². The van der Waals surface area contributed by atoms with Crippen molar-refractivity contribution in [2.24, 2.45) is 0 Å². The number of imidazole rings is 1. The van der Waals surface area contributed by atoms with Crippen LogP contribution in [-0.2, 0) is 30.3 Å². The molecule has 0 radical (unpaired) electrons. The zero-order valence-electron chi connectivity index (χ0n) is 30.6. The van der Waals surface area contributed by atoms with Gasteiger partial charge in [0.2, 0.25) is 0 Å². The molecule has 0 N–H and O–H groups in total. The lowest BCUT2D eigenvalue weighted by Gasteiger charge is -2.30. The summed E-state index contributed by atoms with van der Waals surface area (Å²) in [5, 5.41) is 1.00. The Balaban J connectivity index is 1.60. The van der Waals surface area contributed by atoms with E-state index in [0.29, 0.717) is 48.7 Å². The van der Waals surface area contributed by atoms with Crippen molar-refractivity contribution in [3.63, 3.8) is 0 Å². The van der Waals surface area contributed by atoms with Crippen molar-refractivity contribution < 1.29 is 27.1 Å². The van der Waals surface area contributed by atoms with Gasteiger partial charge in [-0.15, -0.1) is 11.8 Å². The third-order valence-electron chi connectivity index (χ3n) is 7.56. The van der Waals surface area contributed by atoms with Crippen LogP contribution in [0.1, 0.15) is 97.8 Å². The highest BCUT2D eigenvalue weighted by Crippen LogP contribution is 2.47. The van der Waals surface area contributed by atoms with Crippen molar-refractivity contribution in [3.05, 3.63) is 99.1 Å². The molecule has 1 aromatic heterocycles. The van der Waals surface area contributed by atoms with E-state index in [4.69, 9.17) is 46.5 Å². The SMILES string of the molecule is CSc1cc(-c2ccc(-n3cc(C(C)C)nc3C(C)(C)c3c(Cl)cccc3Cl)c(F)c2)cc(F)c1COCOP(OC(C)(C)C)OC(C)(C)C. The van der Waals surface area contributed by atoms with E-state index < -0.39 is 36.9 Å². The lowest BCUT2D eigenvalue weighted by Crippen LogP contribution is -2.25. The van der Waals surface area contributed by atoms with Crippen LogP contribution in [0, 0.1) is 11.6 Å². The second kappa shape index (κ2) is 16.3. The third-order valence-corrected chi connectivity index (χ3v) is 10.7.